The lowest BCUT2D eigenvalue weighted by atomic mass is 10.1. The van der Waals surface area contributed by atoms with E-state index in [1.54, 1.807) is 18.3 Å². The predicted molar refractivity (Wildman–Crippen MR) is 118 cm³/mol. The summed E-state index contributed by atoms with van der Waals surface area (Å²) in [7, 11) is 0. The van der Waals surface area contributed by atoms with Crippen LogP contribution in [0.3, 0.4) is 0 Å². The summed E-state index contributed by atoms with van der Waals surface area (Å²) in [6.45, 7) is 2.55. The molecule has 3 N–H and O–H groups in total. The molecule has 7 heteroatoms. The number of fused-ring (bicyclic) bond motifs is 1. The van der Waals surface area contributed by atoms with Gasteiger partial charge in [-0.2, -0.15) is 0 Å². The SMILES string of the molecule is Cc1cc(NC(=O)COc2ccc3ccnc(N)c3c2)ccc1N1CCCCC1=O. The number of aromatic nitrogens is 1. The lowest BCUT2D eigenvalue weighted by molar-refractivity contribution is -0.119. The van der Waals surface area contributed by atoms with E-state index in [1.165, 1.54) is 0 Å². The summed E-state index contributed by atoms with van der Waals surface area (Å²) in [6, 6.07) is 12.9. The van der Waals surface area contributed by atoms with Crippen LogP contribution in [0.1, 0.15) is 24.8 Å². The van der Waals surface area contributed by atoms with Gasteiger partial charge in [0, 0.05) is 35.9 Å². The van der Waals surface area contributed by atoms with E-state index >= 15 is 0 Å². The van der Waals surface area contributed by atoms with E-state index in [0.29, 0.717) is 23.7 Å². The summed E-state index contributed by atoms with van der Waals surface area (Å²) in [5.74, 6) is 0.855. The van der Waals surface area contributed by atoms with E-state index in [1.807, 2.05) is 42.2 Å². The minimum atomic E-state index is -0.268. The molecule has 0 aliphatic carbocycles. The quantitative estimate of drug-likeness (QED) is 0.676. The van der Waals surface area contributed by atoms with E-state index in [2.05, 4.69) is 10.3 Å². The largest absolute Gasteiger partial charge is 0.484 e. The van der Waals surface area contributed by atoms with E-state index < -0.39 is 0 Å². The lowest BCUT2D eigenvalue weighted by Gasteiger charge is -2.28. The smallest absolute Gasteiger partial charge is 0.262 e. The number of nitrogen functional groups attached to an aromatic ring is 1. The number of nitrogens with zero attached hydrogens (tertiary/aromatic N) is 2. The third-order valence-electron chi connectivity index (χ3n) is 5.23. The number of aryl methyl sites for hydroxylation is 1. The second-order valence-corrected chi connectivity index (χ2v) is 7.42. The van der Waals surface area contributed by atoms with Crippen LogP contribution in [-0.2, 0) is 9.59 Å². The van der Waals surface area contributed by atoms with Gasteiger partial charge in [0.05, 0.1) is 0 Å². The molecule has 1 aliphatic rings. The number of piperidine rings is 1. The Balaban J connectivity index is 1.39. The Morgan fingerprint density at radius 3 is 2.87 bits per heavy atom. The molecule has 1 aliphatic heterocycles. The number of ether oxygens (including phenoxy) is 1. The molecule has 1 saturated heterocycles. The van der Waals surface area contributed by atoms with Crippen LogP contribution in [0.15, 0.2) is 48.7 Å². The molecule has 0 atom stereocenters. The van der Waals surface area contributed by atoms with Crippen molar-refractivity contribution in [2.45, 2.75) is 26.2 Å². The number of benzene rings is 2. The van der Waals surface area contributed by atoms with Crippen molar-refractivity contribution in [3.05, 3.63) is 54.2 Å². The molecule has 2 aromatic carbocycles. The van der Waals surface area contributed by atoms with Crippen molar-refractivity contribution in [3.8, 4) is 5.75 Å². The molecular weight excluding hydrogens is 380 g/mol. The summed E-state index contributed by atoms with van der Waals surface area (Å²) >= 11 is 0. The summed E-state index contributed by atoms with van der Waals surface area (Å²) in [5, 5.41) is 4.58. The van der Waals surface area contributed by atoms with Gasteiger partial charge in [-0.15, -0.1) is 0 Å². The van der Waals surface area contributed by atoms with Crippen molar-refractivity contribution in [1.82, 2.24) is 4.98 Å². The standard InChI is InChI=1S/C23H24N4O3/c1-15-12-17(6-8-20(15)27-11-3-2-4-22(27)29)26-21(28)14-30-18-7-5-16-9-10-25-23(24)19(16)13-18/h5-10,12-13H,2-4,11,14H2,1H3,(H2,24,25)(H,26,28). The van der Waals surface area contributed by atoms with Crippen LogP contribution in [0.2, 0.25) is 0 Å². The molecule has 0 bridgehead atoms. The second kappa shape index (κ2) is 8.41. The topological polar surface area (TPSA) is 97.5 Å². The number of anilines is 3. The molecule has 3 aromatic rings. The zero-order valence-corrected chi connectivity index (χ0v) is 16.9. The number of nitrogens with two attached hydrogens (primary N) is 1. The van der Waals surface area contributed by atoms with Gasteiger partial charge in [-0.25, -0.2) is 4.98 Å². The first kappa shape index (κ1) is 19.7. The molecule has 154 valence electrons. The fourth-order valence-corrected chi connectivity index (χ4v) is 3.70. The molecule has 0 saturated carbocycles. The van der Waals surface area contributed by atoms with Crippen molar-refractivity contribution >= 4 is 39.8 Å². The zero-order chi connectivity index (χ0) is 21.1. The van der Waals surface area contributed by atoms with E-state index in [4.69, 9.17) is 10.5 Å². The first-order chi connectivity index (χ1) is 14.5. The Bertz CT molecular complexity index is 1110. The van der Waals surface area contributed by atoms with Crippen LogP contribution in [-0.4, -0.2) is 29.9 Å². The van der Waals surface area contributed by atoms with Gasteiger partial charge in [0.15, 0.2) is 6.61 Å². The lowest BCUT2D eigenvalue weighted by Crippen LogP contribution is -2.35. The van der Waals surface area contributed by atoms with Gasteiger partial charge < -0.3 is 20.7 Å². The molecule has 4 rings (SSSR count). The van der Waals surface area contributed by atoms with Gasteiger partial charge in [-0.1, -0.05) is 6.07 Å². The highest BCUT2D eigenvalue weighted by molar-refractivity contribution is 5.96. The van der Waals surface area contributed by atoms with Crippen LogP contribution in [0.4, 0.5) is 17.2 Å². The van der Waals surface area contributed by atoms with Crippen molar-refractivity contribution < 1.29 is 14.3 Å². The zero-order valence-electron chi connectivity index (χ0n) is 16.9. The number of hydrogen-bond donors (Lipinski definition) is 2. The Hall–Kier alpha value is -3.61. The number of carbonyl (C=O) groups is 2. The predicted octanol–water partition coefficient (Wildman–Crippen LogP) is 3.66. The molecular formula is C23H24N4O3. The van der Waals surface area contributed by atoms with E-state index in [-0.39, 0.29) is 18.4 Å². The second-order valence-electron chi connectivity index (χ2n) is 7.42. The fourth-order valence-electron chi connectivity index (χ4n) is 3.70. The Morgan fingerprint density at radius 1 is 1.20 bits per heavy atom. The number of pyridine rings is 1. The van der Waals surface area contributed by atoms with Crippen molar-refractivity contribution in [1.29, 1.82) is 0 Å². The molecule has 30 heavy (non-hydrogen) atoms. The number of nitrogens with one attached hydrogen (secondary N) is 1. The van der Waals surface area contributed by atoms with Gasteiger partial charge >= 0.3 is 0 Å². The van der Waals surface area contributed by atoms with Crippen molar-refractivity contribution in [3.63, 3.8) is 0 Å². The average Bonchev–Trinajstić information content (AvgIpc) is 2.74. The van der Waals surface area contributed by atoms with E-state index in [0.717, 1.165) is 41.4 Å². The monoisotopic (exact) mass is 404 g/mol. The molecule has 1 fully saturated rings. The highest BCUT2D eigenvalue weighted by Gasteiger charge is 2.21. The van der Waals surface area contributed by atoms with Gasteiger partial charge in [0.1, 0.15) is 11.6 Å². The summed E-state index contributed by atoms with van der Waals surface area (Å²) in [5.41, 5.74) is 8.41. The Kier molecular flexibility index (Phi) is 5.52. The van der Waals surface area contributed by atoms with Crippen molar-refractivity contribution in [2.24, 2.45) is 0 Å². The fraction of sp³-hybridized carbons (Fsp3) is 0.261. The van der Waals surface area contributed by atoms with Crippen LogP contribution >= 0.6 is 0 Å². The normalized spacial score (nSPS) is 14.0. The molecule has 0 radical (unpaired) electrons. The summed E-state index contributed by atoms with van der Waals surface area (Å²) < 4.78 is 5.62. The number of hydrogen-bond acceptors (Lipinski definition) is 5. The average molecular weight is 404 g/mol. The molecule has 1 aromatic heterocycles. The number of rotatable bonds is 5. The van der Waals surface area contributed by atoms with E-state index in [9.17, 15) is 9.59 Å². The first-order valence-corrected chi connectivity index (χ1v) is 9.99. The molecule has 0 spiro atoms. The minimum Gasteiger partial charge on any atom is -0.484 e. The summed E-state index contributed by atoms with van der Waals surface area (Å²) in [4.78, 5) is 30.4. The van der Waals surface area contributed by atoms with Crippen LogP contribution in [0.25, 0.3) is 10.8 Å². The molecule has 0 unspecified atom stereocenters. The van der Waals surface area contributed by atoms with Gasteiger partial charge in [0.25, 0.3) is 5.91 Å². The highest BCUT2D eigenvalue weighted by atomic mass is 16.5. The maximum Gasteiger partial charge on any atom is 0.262 e. The molecule has 2 amide bonds. The highest BCUT2D eigenvalue weighted by Crippen LogP contribution is 2.27. The Morgan fingerprint density at radius 2 is 2.07 bits per heavy atom. The molecule has 2 heterocycles. The third kappa shape index (κ3) is 4.20. The van der Waals surface area contributed by atoms with Gasteiger partial charge in [-0.3, -0.25) is 9.59 Å². The molecule has 7 nitrogen and oxygen atoms in total. The first-order valence-electron chi connectivity index (χ1n) is 9.99. The maximum absolute atomic E-state index is 12.3. The van der Waals surface area contributed by atoms with Crippen LogP contribution < -0.4 is 20.7 Å². The third-order valence-corrected chi connectivity index (χ3v) is 5.23. The maximum atomic E-state index is 12.3. The van der Waals surface area contributed by atoms with Crippen molar-refractivity contribution in [2.75, 3.05) is 29.1 Å². The number of amides is 2. The minimum absolute atomic E-state index is 0.128. The number of carbonyl (C=O) groups excluding carboxylic acids is 2. The van der Waals surface area contributed by atoms with Gasteiger partial charge in [0.2, 0.25) is 5.91 Å². The van der Waals surface area contributed by atoms with Crippen LogP contribution in [0, 0.1) is 6.92 Å². The van der Waals surface area contributed by atoms with Crippen LogP contribution in [0.5, 0.6) is 5.75 Å². The summed E-state index contributed by atoms with van der Waals surface area (Å²) in [6.07, 6.45) is 4.20. The Labute approximate surface area is 174 Å². The van der Waals surface area contributed by atoms with Gasteiger partial charge in [-0.05, 0) is 67.1 Å².